The molecule has 6 aromatic rings. The monoisotopic (exact) mass is 1890 g/mol. The van der Waals surface area contributed by atoms with E-state index in [1.54, 1.807) is 74.8 Å². The smallest absolute Gasteiger partial charge is 0.246 e. The van der Waals surface area contributed by atoms with Crippen molar-refractivity contribution in [2.24, 2.45) is 29.0 Å². The van der Waals surface area contributed by atoms with Gasteiger partial charge in [-0.05, 0) is 98.4 Å². The second-order valence-corrected chi connectivity index (χ2v) is 36.2. The second kappa shape index (κ2) is 49.9. The topological polar surface area (TPSA) is 623 Å². The van der Waals surface area contributed by atoms with Crippen LogP contribution in [0.25, 0.3) is 21.8 Å². The van der Waals surface area contributed by atoms with Gasteiger partial charge in [0.2, 0.25) is 94.5 Å². The minimum Gasteiger partial charge on any atom is -0.508 e. The van der Waals surface area contributed by atoms with Gasteiger partial charge >= 0.3 is 0 Å². The Balaban J connectivity index is 1.02. The number of unbranched alkanes of at least 4 members (excludes halogenated alkanes) is 2. The highest BCUT2D eigenvalue weighted by atomic mass is 32.2. The lowest BCUT2D eigenvalue weighted by Gasteiger charge is -2.38. The van der Waals surface area contributed by atoms with Crippen LogP contribution in [0.1, 0.15) is 140 Å². The first-order valence-electron chi connectivity index (χ1n) is 45.8. The third kappa shape index (κ3) is 28.4. The number of nitrogens with two attached hydrogens (primary N) is 3. The number of nitrogens with zero attached hydrogens (tertiary/aromatic N) is 6. The number of fused-ring (bicyclic) bond motifs is 5. The van der Waals surface area contributed by atoms with Crippen molar-refractivity contribution in [2.45, 2.75) is 228 Å². The number of phenols is 1. The van der Waals surface area contributed by atoms with Gasteiger partial charge in [-0.3, -0.25) is 81.5 Å². The molecule has 4 saturated heterocycles. The maximum atomic E-state index is 15.8. The lowest BCUT2D eigenvalue weighted by molar-refractivity contribution is -0.152. The summed E-state index contributed by atoms with van der Waals surface area (Å²) in [7, 11) is 2.74. The van der Waals surface area contributed by atoms with Crippen molar-refractivity contribution < 1.29 is 102 Å². The van der Waals surface area contributed by atoms with E-state index >= 15 is 47.9 Å². The van der Waals surface area contributed by atoms with E-state index in [-0.39, 0.29) is 121 Å². The number of imidazole rings is 1. The number of Topliss-reactive ketones (excluding diaryl/α,β-unsaturated/α-hetero) is 1. The van der Waals surface area contributed by atoms with Gasteiger partial charge < -0.3 is 125 Å². The molecule has 7 heterocycles. The van der Waals surface area contributed by atoms with Crippen molar-refractivity contribution in [3.05, 3.63) is 120 Å². The molecular weight excluding hydrogens is 1770 g/mol. The number of ether oxygens (including phenoxy) is 1. The molecule has 0 radical (unpaired) electrons. The van der Waals surface area contributed by atoms with Crippen molar-refractivity contribution in [3.63, 3.8) is 0 Å². The van der Waals surface area contributed by atoms with Gasteiger partial charge in [-0.15, -0.1) is 11.8 Å². The van der Waals surface area contributed by atoms with Crippen LogP contribution in [-0.4, -0.2) is 323 Å². The van der Waals surface area contributed by atoms with E-state index in [4.69, 9.17) is 21.9 Å². The maximum absolute atomic E-state index is 15.8. The fourth-order valence-corrected chi connectivity index (χ4v) is 18.3. The van der Waals surface area contributed by atoms with E-state index in [2.05, 4.69) is 67.8 Å². The lowest BCUT2D eigenvalue weighted by Crippen LogP contribution is -2.63. The Morgan fingerprint density at radius 3 is 1.78 bits per heavy atom. The molecule has 21 N–H and O–H groups in total. The number of aliphatic hydroxyl groups is 2. The predicted molar refractivity (Wildman–Crippen MR) is 494 cm³/mol. The number of phenolic OH excluding ortho intramolecular Hbond substituents is 1. The number of carbonyl (C=O) groups excluding carboxylic acids is 17. The third-order valence-electron chi connectivity index (χ3n) is 24.7. The molecule has 0 saturated carbocycles. The molecule has 16 amide bonds. The molecule has 3 aromatic heterocycles. The number of aromatic hydroxyl groups is 1. The summed E-state index contributed by atoms with van der Waals surface area (Å²) in [5.41, 5.74) is 20.3. The number of aliphatic hydroxyl groups excluding tert-OH is 2. The number of thioether (sulfide) groups is 1. The molecule has 0 bridgehead atoms. The van der Waals surface area contributed by atoms with Crippen LogP contribution in [-0.2, 0) is 112 Å². The summed E-state index contributed by atoms with van der Waals surface area (Å²) < 4.78 is 5.74. The van der Waals surface area contributed by atoms with E-state index < -0.39 is 242 Å². The summed E-state index contributed by atoms with van der Waals surface area (Å²) in [5.74, 6) is -18.5. The fourth-order valence-electron chi connectivity index (χ4n) is 17.4. The van der Waals surface area contributed by atoms with Crippen molar-refractivity contribution in [3.8, 4) is 5.75 Å². The molecule has 4 aliphatic rings. The molecule has 732 valence electrons. The first-order valence-corrected chi connectivity index (χ1v) is 47.0. The summed E-state index contributed by atoms with van der Waals surface area (Å²) in [4.78, 5) is 271. The number of nitrogens with one attached hydrogen (secondary N) is 12. The number of carbonyl (C=O) groups is 17. The zero-order valence-corrected chi connectivity index (χ0v) is 77.6. The van der Waals surface area contributed by atoms with Crippen molar-refractivity contribution in [2.75, 3.05) is 78.1 Å². The number of amides is 16. The van der Waals surface area contributed by atoms with Crippen molar-refractivity contribution in [1.29, 1.82) is 0 Å². The predicted octanol–water partition coefficient (Wildman–Crippen LogP) is -1.98. The van der Waals surface area contributed by atoms with Crippen LogP contribution in [0.2, 0.25) is 0 Å². The zero-order valence-electron chi connectivity index (χ0n) is 76.8. The summed E-state index contributed by atoms with van der Waals surface area (Å²) in [6, 6.07) is 0.156. The molecule has 4 aliphatic heterocycles. The maximum Gasteiger partial charge on any atom is 0.246 e. The molecule has 43 heteroatoms. The highest BCUT2D eigenvalue weighted by molar-refractivity contribution is 8.00. The normalized spacial score (nSPS) is 25.4. The Kier molecular flexibility index (Phi) is 38.5. The van der Waals surface area contributed by atoms with E-state index in [0.717, 1.165) is 26.5 Å². The van der Waals surface area contributed by atoms with Gasteiger partial charge in [0.25, 0.3) is 0 Å². The molecule has 15 atom stereocenters. The Morgan fingerprint density at radius 2 is 1.15 bits per heavy atom. The van der Waals surface area contributed by atoms with Crippen molar-refractivity contribution >= 4 is 134 Å². The molecule has 42 nitrogen and oxygen atoms in total. The minimum atomic E-state index is -1.80. The minimum absolute atomic E-state index is 0.00376. The highest BCUT2D eigenvalue weighted by Gasteiger charge is 2.48. The average molecular weight is 1900 g/mol. The number of primary amides is 2. The number of benzene rings is 3. The quantitative estimate of drug-likeness (QED) is 0.0295. The summed E-state index contributed by atoms with van der Waals surface area (Å²) >= 11 is 0.785. The van der Waals surface area contributed by atoms with Crippen LogP contribution in [0.3, 0.4) is 0 Å². The summed E-state index contributed by atoms with van der Waals surface area (Å²) in [6.07, 6.45) is 3.49. The summed E-state index contributed by atoms with van der Waals surface area (Å²) in [5, 5.41) is 58.6. The van der Waals surface area contributed by atoms with Gasteiger partial charge in [0.05, 0.1) is 68.6 Å². The van der Waals surface area contributed by atoms with E-state index in [9.17, 15) is 48.9 Å². The molecule has 10 rings (SSSR count). The van der Waals surface area contributed by atoms with Gasteiger partial charge in [-0.1, -0.05) is 102 Å². The molecule has 0 aliphatic carbocycles. The van der Waals surface area contributed by atoms with E-state index in [1.807, 2.05) is 13.8 Å². The first kappa shape index (κ1) is 104. The molecule has 135 heavy (non-hydrogen) atoms. The molecule has 3 aromatic carbocycles. The van der Waals surface area contributed by atoms with E-state index in [1.165, 1.54) is 60.7 Å². The van der Waals surface area contributed by atoms with Crippen molar-refractivity contribution in [1.82, 2.24) is 92.3 Å². The standard InChI is InChI=1S/C92H127N21O21S/c1-7-9-22-71-84(125)102-63(21-15-29-93)82(123)108-70(81(122)99-44-78(95)119)48-135-49-79(120)101-67(34-52-25-27-57(115)28-26-52)89(130)112-31-32-134-47-75(112)87(128)107-69(40-77(94)118)90(131)111-30-16-24-72(111)85(126)104-65(38-56-43-96-50-100-56)83(124)106-66(33-51(3)4)91(132)113-45-58(116)39-74(113)86(127)103-64(35-53-41-97-61-19-13-11-17-59(53)61)76(117)37-55(46-114)80(121)105-68(36-54-42-98-62-20-14-12-18-60(54)62)88(129)110(6)73(23-10-8-2)92(133)109(71)5/h11-14,17-20,25-28,41-43,50-51,55,58,63-75,97-98,114-116H,7-10,15-16,21-24,29-40,44-49,93H2,1-6H3,(H2,94,118)(H2,95,119)(H,96,100)(H,99,122)(H,101,120)(H,102,125)(H,103,127)(H,104,126)(H,105,121)(H,106,124)(H,107,128)(H,108,123)/t55-,58+,63-,64-,65-,66-,67-,68-,69-,70-,71-,72-,73-,74-,75?/m0/s1. The van der Waals surface area contributed by atoms with Gasteiger partial charge in [0.15, 0.2) is 5.78 Å². The fraction of sp³-hybridized carbons (Fsp3) is 0.543. The summed E-state index contributed by atoms with van der Waals surface area (Å²) in [6.45, 7) is 4.05. The van der Waals surface area contributed by atoms with Crippen LogP contribution in [0, 0.1) is 11.8 Å². The van der Waals surface area contributed by atoms with Crippen LogP contribution in [0.5, 0.6) is 5.75 Å². The number of rotatable bonds is 25. The van der Waals surface area contributed by atoms with Gasteiger partial charge in [0, 0.05) is 118 Å². The zero-order chi connectivity index (χ0) is 97.9. The first-order chi connectivity index (χ1) is 64.6. The number of morpholine rings is 1. The van der Waals surface area contributed by atoms with Crippen LogP contribution in [0.4, 0.5) is 0 Å². The molecule has 4 fully saturated rings. The lowest BCUT2D eigenvalue weighted by atomic mass is 9.93. The molecular formula is C92H127N21O21S. The number of hydrogen-bond donors (Lipinski definition) is 18. The van der Waals surface area contributed by atoms with Gasteiger partial charge in [0.1, 0.15) is 78.3 Å². The van der Waals surface area contributed by atoms with Crippen LogP contribution >= 0.6 is 11.8 Å². The number of hydrogen-bond acceptors (Lipinski definition) is 24. The number of ketones is 1. The number of aromatic nitrogens is 4. The number of aromatic amines is 3. The van der Waals surface area contributed by atoms with Crippen LogP contribution < -0.4 is 65.1 Å². The van der Waals surface area contributed by atoms with Gasteiger partial charge in [-0.25, -0.2) is 4.98 Å². The SMILES string of the molecule is CCCC[C@H]1C(=O)N(C)[C@@H](CCCC)C(=O)N[C@@H](CCCN)C(=O)N[C@H](C(=O)NCC(N)=O)CSCC(=O)N[C@@H](Cc2ccc(O)cc2)C(=O)N2CCOCC2C(=O)N[C@@H](CC(N)=O)C(=O)N2CCC[C@H]2C(=O)N[C@@H](Cc2c[nH]cn2)C(=O)N[C@@H](CC(C)C)C(=O)N2C[C@H](O)C[C@H]2C(=O)N[C@@H](Cc2c[nH]c3ccccc23)C(=O)C[C@@H](CO)C(=O)N[C@@H](Cc2c[nH]c3ccccc23)C(=O)N1C. The Labute approximate surface area is 784 Å². The highest BCUT2D eigenvalue weighted by Crippen LogP contribution is 2.29. The molecule has 0 spiro atoms. The molecule has 1 unspecified atom stereocenters. The number of para-hydroxylation sites is 2. The number of H-pyrrole nitrogens is 3. The number of likely N-dealkylation sites (N-methyl/N-ethyl adjacent to an activating group) is 2. The Bertz CT molecular complexity index is 5190. The van der Waals surface area contributed by atoms with Gasteiger partial charge in [-0.2, -0.15) is 0 Å². The largest absolute Gasteiger partial charge is 0.508 e. The Hall–Kier alpha value is -12.9. The van der Waals surface area contributed by atoms with E-state index in [0.29, 0.717) is 64.2 Å². The third-order valence-corrected chi connectivity index (χ3v) is 25.8. The average Bonchev–Trinajstić information content (AvgIpc) is 1.43. The second-order valence-electron chi connectivity index (χ2n) is 35.2. The Morgan fingerprint density at radius 1 is 0.578 bits per heavy atom. The van der Waals surface area contributed by atoms with Crippen LogP contribution in [0.15, 0.2) is 97.7 Å².